The lowest BCUT2D eigenvalue weighted by Crippen LogP contribution is -2.23. The van der Waals surface area contributed by atoms with E-state index in [-0.39, 0.29) is 0 Å². The van der Waals surface area contributed by atoms with E-state index < -0.39 is 30.0 Å². The number of alkyl halides is 2. The molecule has 0 spiro atoms. The first-order valence-electron chi connectivity index (χ1n) is 11.6. The van der Waals surface area contributed by atoms with Crippen molar-refractivity contribution in [2.24, 2.45) is 0 Å². The van der Waals surface area contributed by atoms with E-state index >= 15 is 0 Å². The Morgan fingerprint density at radius 3 is 1.16 bits per heavy atom. The van der Waals surface area contributed by atoms with Crippen molar-refractivity contribution < 1.29 is 8.42 Å². The van der Waals surface area contributed by atoms with Crippen LogP contribution in [0.15, 0.2) is 70.5 Å². The topological polar surface area (TPSA) is 34.1 Å². The highest BCUT2D eigenvalue weighted by atomic mass is 35.5. The number of rotatable bonds is 15. The SMILES string of the molecule is CC(Cl)(CCCCCCCCCCC(C)(Cl)S(=O)c1ccccc1)S(=O)c1ccccc1. The van der Waals surface area contributed by atoms with Gasteiger partial charge in [0.15, 0.2) is 0 Å². The van der Waals surface area contributed by atoms with Gasteiger partial charge in [0.2, 0.25) is 0 Å². The van der Waals surface area contributed by atoms with Crippen LogP contribution < -0.4 is 0 Å². The number of hydrogen-bond acceptors (Lipinski definition) is 2. The molecule has 0 amide bonds. The zero-order chi connectivity index (χ0) is 23.5. The Balaban J connectivity index is 1.53. The maximum absolute atomic E-state index is 12.7. The van der Waals surface area contributed by atoms with Gasteiger partial charge in [0.25, 0.3) is 0 Å². The molecule has 6 heteroatoms. The molecule has 0 saturated heterocycles. The standard InChI is InChI=1S/C26H36Cl2O2S2/c1-25(27,31(29)23-17-11-9-12-18-23)21-15-7-5-3-4-6-8-16-22-26(2,28)32(30)24-19-13-10-14-20-24/h9-14,17-20H,3-8,15-16,21-22H2,1-2H3. The van der Waals surface area contributed by atoms with Gasteiger partial charge < -0.3 is 0 Å². The Labute approximate surface area is 209 Å². The Hall–Kier alpha value is -0.680. The van der Waals surface area contributed by atoms with Crippen molar-refractivity contribution in [3.8, 4) is 0 Å². The maximum Gasteiger partial charge on any atom is 0.121 e. The van der Waals surface area contributed by atoms with Gasteiger partial charge in [0.05, 0.1) is 21.6 Å². The summed E-state index contributed by atoms with van der Waals surface area (Å²) in [4.78, 5) is 1.59. The molecule has 0 aliphatic heterocycles. The summed E-state index contributed by atoms with van der Waals surface area (Å²) in [6.07, 6.45) is 10.5. The van der Waals surface area contributed by atoms with Crippen LogP contribution in [0.1, 0.15) is 78.1 Å². The predicted molar refractivity (Wildman–Crippen MR) is 140 cm³/mol. The van der Waals surface area contributed by atoms with E-state index in [4.69, 9.17) is 23.2 Å². The molecule has 0 aliphatic rings. The molecule has 0 fully saturated rings. The van der Waals surface area contributed by atoms with Gasteiger partial charge in [-0.1, -0.05) is 87.8 Å². The molecule has 2 aromatic rings. The van der Waals surface area contributed by atoms with Crippen LogP contribution in [0.2, 0.25) is 0 Å². The second-order valence-corrected chi connectivity index (χ2v) is 14.6. The maximum atomic E-state index is 12.7. The fourth-order valence-electron chi connectivity index (χ4n) is 3.71. The number of halogens is 2. The van der Waals surface area contributed by atoms with Crippen LogP contribution in [0.25, 0.3) is 0 Å². The average Bonchev–Trinajstić information content (AvgIpc) is 2.80. The first kappa shape index (κ1) is 27.6. The van der Waals surface area contributed by atoms with Crippen molar-refractivity contribution in [3.63, 3.8) is 0 Å². The largest absolute Gasteiger partial charge is 0.253 e. The second kappa shape index (κ2) is 13.9. The van der Waals surface area contributed by atoms with Gasteiger partial charge in [-0.3, -0.25) is 8.42 Å². The van der Waals surface area contributed by atoms with Crippen molar-refractivity contribution >= 4 is 44.8 Å². The van der Waals surface area contributed by atoms with Crippen molar-refractivity contribution in [1.29, 1.82) is 0 Å². The molecule has 0 bridgehead atoms. The molecule has 0 aromatic heterocycles. The van der Waals surface area contributed by atoms with Gasteiger partial charge in [0.1, 0.15) is 8.41 Å². The summed E-state index contributed by atoms with van der Waals surface area (Å²) in [6, 6.07) is 19.0. The number of benzene rings is 2. The second-order valence-electron chi connectivity index (χ2n) is 8.70. The van der Waals surface area contributed by atoms with Crippen LogP contribution >= 0.6 is 23.2 Å². The molecule has 0 N–H and O–H groups in total. The van der Waals surface area contributed by atoms with E-state index in [0.717, 1.165) is 48.3 Å². The van der Waals surface area contributed by atoms with E-state index in [2.05, 4.69) is 0 Å². The highest BCUT2D eigenvalue weighted by molar-refractivity contribution is 7.88. The third kappa shape index (κ3) is 9.29. The normalized spacial score (nSPS) is 17.2. The van der Waals surface area contributed by atoms with Crippen LogP contribution in [0.5, 0.6) is 0 Å². The fourth-order valence-corrected chi connectivity index (χ4v) is 6.96. The summed E-state index contributed by atoms with van der Waals surface area (Å²) in [7, 11) is -2.39. The lowest BCUT2D eigenvalue weighted by molar-refractivity contribution is 0.536. The third-order valence-corrected chi connectivity index (χ3v) is 10.3. The number of unbranched alkanes of at least 4 members (excludes halogenated alkanes) is 7. The van der Waals surface area contributed by atoms with Crippen LogP contribution in [-0.4, -0.2) is 16.8 Å². The van der Waals surface area contributed by atoms with Crippen LogP contribution in [0, 0.1) is 0 Å². The highest BCUT2D eigenvalue weighted by Crippen LogP contribution is 2.32. The highest BCUT2D eigenvalue weighted by Gasteiger charge is 2.30. The van der Waals surface area contributed by atoms with Gasteiger partial charge in [-0.25, -0.2) is 0 Å². The van der Waals surface area contributed by atoms with Gasteiger partial charge in [-0.15, -0.1) is 23.2 Å². The van der Waals surface area contributed by atoms with Crippen molar-refractivity contribution in [2.75, 3.05) is 0 Å². The van der Waals surface area contributed by atoms with Crippen molar-refractivity contribution in [2.45, 2.75) is 96.3 Å². The minimum Gasteiger partial charge on any atom is -0.253 e. The quantitative estimate of drug-likeness (QED) is 0.176. The van der Waals surface area contributed by atoms with Crippen molar-refractivity contribution in [3.05, 3.63) is 60.7 Å². The van der Waals surface area contributed by atoms with Gasteiger partial charge in [-0.2, -0.15) is 0 Å². The van der Waals surface area contributed by atoms with Gasteiger partial charge in [-0.05, 0) is 51.0 Å². The Bertz CT molecular complexity index is 768. The molecule has 4 unspecified atom stereocenters. The molecular formula is C26H36Cl2O2S2. The summed E-state index contributed by atoms with van der Waals surface area (Å²) in [6.45, 7) is 3.76. The Morgan fingerprint density at radius 2 is 0.844 bits per heavy atom. The van der Waals surface area contributed by atoms with E-state index in [0.29, 0.717) is 0 Å². The van der Waals surface area contributed by atoms with Gasteiger partial charge in [0, 0.05) is 9.79 Å². The van der Waals surface area contributed by atoms with E-state index in [1.54, 1.807) is 0 Å². The molecular weight excluding hydrogens is 479 g/mol. The van der Waals surface area contributed by atoms with Gasteiger partial charge >= 0.3 is 0 Å². The molecule has 2 aromatic carbocycles. The summed E-state index contributed by atoms with van der Waals surface area (Å²) in [5.74, 6) is 0. The van der Waals surface area contributed by atoms with E-state index in [1.165, 1.54) is 25.7 Å². The smallest absolute Gasteiger partial charge is 0.121 e. The zero-order valence-corrected chi connectivity index (χ0v) is 22.4. The fraction of sp³-hybridized carbons (Fsp3) is 0.538. The van der Waals surface area contributed by atoms with Crippen LogP contribution in [0.3, 0.4) is 0 Å². The summed E-state index contributed by atoms with van der Waals surface area (Å²) in [5.41, 5.74) is 0. The summed E-state index contributed by atoms with van der Waals surface area (Å²) >= 11 is 13.2. The molecule has 0 radical (unpaired) electrons. The van der Waals surface area contributed by atoms with E-state index in [9.17, 15) is 8.42 Å². The zero-order valence-electron chi connectivity index (χ0n) is 19.2. The molecule has 178 valence electrons. The Kier molecular flexibility index (Phi) is 12.0. The first-order valence-corrected chi connectivity index (χ1v) is 14.6. The minimum absolute atomic E-state index is 0.713. The minimum atomic E-state index is -1.20. The molecule has 32 heavy (non-hydrogen) atoms. The molecule has 0 heterocycles. The summed E-state index contributed by atoms with van der Waals surface area (Å²) in [5, 5.41) is 0. The molecule has 0 aliphatic carbocycles. The number of hydrogen-bond donors (Lipinski definition) is 0. The third-order valence-electron chi connectivity index (χ3n) is 5.68. The average molecular weight is 516 g/mol. The van der Waals surface area contributed by atoms with Crippen LogP contribution in [-0.2, 0) is 21.6 Å². The predicted octanol–water partition coefficient (Wildman–Crippen LogP) is 8.41. The molecule has 2 nitrogen and oxygen atoms in total. The lowest BCUT2D eigenvalue weighted by atomic mass is 10.1. The Morgan fingerprint density at radius 1 is 0.562 bits per heavy atom. The monoisotopic (exact) mass is 514 g/mol. The van der Waals surface area contributed by atoms with Crippen LogP contribution in [0.4, 0.5) is 0 Å². The lowest BCUT2D eigenvalue weighted by Gasteiger charge is -2.21. The first-order chi connectivity index (χ1) is 15.2. The summed E-state index contributed by atoms with van der Waals surface area (Å²) < 4.78 is 23.9. The molecule has 2 rings (SSSR count). The van der Waals surface area contributed by atoms with E-state index in [1.807, 2.05) is 74.5 Å². The van der Waals surface area contributed by atoms with Crippen molar-refractivity contribution in [1.82, 2.24) is 0 Å². The molecule has 4 atom stereocenters. The molecule has 0 saturated carbocycles.